The van der Waals surface area contributed by atoms with E-state index in [1.165, 1.54) is 0 Å². The molecule has 0 amide bonds. The average molecular weight is 317 g/mol. The number of phenols is 1. The van der Waals surface area contributed by atoms with Crippen LogP contribution in [-0.4, -0.2) is 22.1 Å². The molecule has 2 atom stereocenters. The first kappa shape index (κ1) is 16.2. The average Bonchev–Trinajstić information content (AvgIpc) is 2.91. The van der Waals surface area contributed by atoms with Crippen LogP contribution in [0.2, 0.25) is 0 Å². The molecule has 1 aromatic carbocycles. The Bertz CT molecular complexity index is 621. The maximum Gasteiger partial charge on any atom is 0.147 e. The molecule has 23 heavy (non-hydrogen) atoms. The summed E-state index contributed by atoms with van der Waals surface area (Å²) in [5, 5.41) is 23.3. The minimum Gasteiger partial charge on any atom is -0.508 e. The Morgan fingerprint density at radius 2 is 2.13 bits per heavy atom. The number of rotatable bonds is 4. The molecular formula is C19H27NO3. The van der Waals surface area contributed by atoms with Gasteiger partial charge in [-0.2, -0.15) is 0 Å². The van der Waals surface area contributed by atoms with Crippen molar-refractivity contribution in [3.63, 3.8) is 0 Å². The monoisotopic (exact) mass is 317 g/mol. The van der Waals surface area contributed by atoms with Gasteiger partial charge in [0.1, 0.15) is 17.6 Å². The van der Waals surface area contributed by atoms with Gasteiger partial charge in [0.05, 0.1) is 5.71 Å². The molecule has 0 radical (unpaired) electrons. The molecule has 0 saturated heterocycles. The number of ether oxygens (including phenoxy) is 1. The summed E-state index contributed by atoms with van der Waals surface area (Å²) in [5.41, 5.74) is 2.71. The predicted octanol–water partition coefficient (Wildman–Crippen LogP) is 4.72. The lowest BCUT2D eigenvalue weighted by atomic mass is 9.77. The van der Waals surface area contributed by atoms with Crippen LogP contribution >= 0.6 is 0 Å². The number of oxime groups is 1. The van der Waals surface area contributed by atoms with E-state index in [4.69, 9.17) is 4.74 Å². The van der Waals surface area contributed by atoms with Gasteiger partial charge in [-0.1, -0.05) is 38.8 Å². The van der Waals surface area contributed by atoms with Gasteiger partial charge >= 0.3 is 0 Å². The van der Waals surface area contributed by atoms with Crippen LogP contribution in [0.4, 0.5) is 0 Å². The number of benzene rings is 1. The standard InChI is InChI=1S/C19H27NO3/c1-4-5-9-19(2,3)12-10-15(21)17-13-7-6-8-14(20-22)18(13)23-16(17)11-12/h10-11,13,18,21-22H,4-9H2,1-3H3/b20-14+. The molecule has 1 fully saturated rings. The summed E-state index contributed by atoms with van der Waals surface area (Å²) in [6.45, 7) is 6.62. The van der Waals surface area contributed by atoms with Crippen molar-refractivity contribution < 1.29 is 15.1 Å². The molecule has 2 aliphatic rings. The summed E-state index contributed by atoms with van der Waals surface area (Å²) in [7, 11) is 0. The SMILES string of the molecule is CCCCC(C)(C)c1cc(O)c2c(c1)OC1/C(=N/O)CCCC21. The van der Waals surface area contributed by atoms with Gasteiger partial charge in [0.25, 0.3) is 0 Å². The van der Waals surface area contributed by atoms with Crippen molar-refractivity contribution in [3.8, 4) is 11.5 Å². The number of nitrogens with zero attached hydrogens (tertiary/aromatic N) is 1. The number of hydrogen-bond acceptors (Lipinski definition) is 4. The van der Waals surface area contributed by atoms with Gasteiger partial charge in [-0.15, -0.1) is 0 Å². The van der Waals surface area contributed by atoms with Gasteiger partial charge in [-0.05, 0) is 48.8 Å². The van der Waals surface area contributed by atoms with Crippen molar-refractivity contribution in [2.24, 2.45) is 5.16 Å². The van der Waals surface area contributed by atoms with Gasteiger partial charge < -0.3 is 15.1 Å². The quantitative estimate of drug-likeness (QED) is 0.624. The van der Waals surface area contributed by atoms with Crippen molar-refractivity contribution in [2.45, 2.75) is 76.7 Å². The minimum absolute atomic E-state index is 0.00748. The van der Waals surface area contributed by atoms with E-state index in [0.717, 1.165) is 55.4 Å². The molecule has 1 saturated carbocycles. The highest BCUT2D eigenvalue weighted by Gasteiger charge is 2.42. The van der Waals surface area contributed by atoms with E-state index in [0.29, 0.717) is 11.5 Å². The summed E-state index contributed by atoms with van der Waals surface area (Å²) < 4.78 is 6.08. The third-order valence-electron chi connectivity index (χ3n) is 5.45. The van der Waals surface area contributed by atoms with Gasteiger partial charge in [0.15, 0.2) is 0 Å². The maximum absolute atomic E-state index is 10.6. The van der Waals surface area contributed by atoms with Crippen LogP contribution in [0.3, 0.4) is 0 Å². The topological polar surface area (TPSA) is 62.0 Å². The number of aromatic hydroxyl groups is 1. The molecule has 1 aliphatic heterocycles. The number of fused-ring (bicyclic) bond motifs is 3. The molecule has 2 N–H and O–H groups in total. The Kier molecular flexibility index (Phi) is 4.26. The molecule has 4 heteroatoms. The zero-order chi connectivity index (χ0) is 16.6. The first-order valence-corrected chi connectivity index (χ1v) is 8.72. The molecule has 126 valence electrons. The lowest BCUT2D eigenvalue weighted by Crippen LogP contribution is -2.32. The summed E-state index contributed by atoms with van der Waals surface area (Å²) in [5.74, 6) is 1.20. The molecule has 1 aliphatic carbocycles. The fourth-order valence-corrected chi connectivity index (χ4v) is 3.95. The smallest absolute Gasteiger partial charge is 0.147 e. The van der Waals surface area contributed by atoms with Crippen LogP contribution < -0.4 is 4.74 Å². The summed E-state index contributed by atoms with van der Waals surface area (Å²) in [6.07, 6.45) is 5.88. The second-order valence-electron chi connectivity index (χ2n) is 7.52. The number of phenolic OH excluding ortho intramolecular Hbond substituents is 1. The third kappa shape index (κ3) is 2.79. The Morgan fingerprint density at radius 3 is 2.83 bits per heavy atom. The second kappa shape index (κ2) is 6.06. The van der Waals surface area contributed by atoms with E-state index in [9.17, 15) is 10.3 Å². The van der Waals surface area contributed by atoms with Crippen LogP contribution in [0.15, 0.2) is 17.3 Å². The fraction of sp³-hybridized carbons (Fsp3) is 0.632. The molecule has 1 aromatic rings. The van der Waals surface area contributed by atoms with Gasteiger partial charge in [-0.25, -0.2) is 0 Å². The summed E-state index contributed by atoms with van der Waals surface area (Å²) >= 11 is 0. The predicted molar refractivity (Wildman–Crippen MR) is 90.9 cm³/mol. The molecule has 0 bridgehead atoms. The van der Waals surface area contributed by atoms with Crippen LogP contribution in [0.5, 0.6) is 11.5 Å². The highest BCUT2D eigenvalue weighted by atomic mass is 16.5. The maximum atomic E-state index is 10.6. The number of hydrogen-bond donors (Lipinski definition) is 2. The van der Waals surface area contributed by atoms with Crippen LogP contribution in [0.25, 0.3) is 0 Å². The Labute approximate surface area is 138 Å². The molecule has 3 rings (SSSR count). The van der Waals surface area contributed by atoms with E-state index in [2.05, 4.69) is 32.0 Å². The minimum atomic E-state index is -0.219. The zero-order valence-electron chi connectivity index (χ0n) is 14.3. The van der Waals surface area contributed by atoms with Crippen molar-refractivity contribution in [2.75, 3.05) is 0 Å². The van der Waals surface area contributed by atoms with E-state index in [-0.39, 0.29) is 17.4 Å². The van der Waals surface area contributed by atoms with Crippen molar-refractivity contribution in [3.05, 3.63) is 23.3 Å². The van der Waals surface area contributed by atoms with E-state index in [1.807, 2.05) is 6.07 Å². The summed E-state index contributed by atoms with van der Waals surface area (Å²) in [6, 6.07) is 3.99. The van der Waals surface area contributed by atoms with Crippen LogP contribution in [-0.2, 0) is 5.41 Å². The zero-order valence-corrected chi connectivity index (χ0v) is 14.3. The molecule has 0 spiro atoms. The Hall–Kier alpha value is -1.71. The lowest BCUT2D eigenvalue weighted by molar-refractivity contribution is 0.236. The molecule has 4 nitrogen and oxygen atoms in total. The third-order valence-corrected chi connectivity index (χ3v) is 5.45. The van der Waals surface area contributed by atoms with Crippen molar-refractivity contribution in [1.82, 2.24) is 0 Å². The first-order valence-electron chi connectivity index (χ1n) is 8.72. The highest BCUT2D eigenvalue weighted by Crippen LogP contribution is 2.50. The molecule has 0 aromatic heterocycles. The van der Waals surface area contributed by atoms with Gasteiger partial charge in [0, 0.05) is 11.5 Å². The molecule has 2 unspecified atom stereocenters. The Morgan fingerprint density at radius 1 is 1.35 bits per heavy atom. The number of unbranched alkanes of at least 4 members (excludes halogenated alkanes) is 1. The fourth-order valence-electron chi connectivity index (χ4n) is 3.95. The van der Waals surface area contributed by atoms with Crippen molar-refractivity contribution >= 4 is 5.71 Å². The van der Waals surface area contributed by atoms with Gasteiger partial charge in [-0.3, -0.25) is 0 Å². The second-order valence-corrected chi connectivity index (χ2v) is 7.52. The normalized spacial score (nSPS) is 25.1. The highest BCUT2D eigenvalue weighted by molar-refractivity contribution is 5.91. The van der Waals surface area contributed by atoms with E-state index >= 15 is 0 Å². The van der Waals surface area contributed by atoms with Gasteiger partial charge in [0.2, 0.25) is 0 Å². The lowest BCUT2D eigenvalue weighted by Gasteiger charge is -2.26. The van der Waals surface area contributed by atoms with E-state index in [1.54, 1.807) is 0 Å². The first-order chi connectivity index (χ1) is 11.0. The molecule has 1 heterocycles. The van der Waals surface area contributed by atoms with Crippen molar-refractivity contribution in [1.29, 1.82) is 0 Å². The van der Waals surface area contributed by atoms with E-state index < -0.39 is 0 Å². The Balaban J connectivity index is 1.96. The van der Waals surface area contributed by atoms with Crippen LogP contribution in [0, 0.1) is 0 Å². The summed E-state index contributed by atoms with van der Waals surface area (Å²) in [4.78, 5) is 0. The van der Waals surface area contributed by atoms with Crippen LogP contribution in [0.1, 0.15) is 76.3 Å². The largest absolute Gasteiger partial charge is 0.508 e. The molecular weight excluding hydrogens is 290 g/mol.